The molecule has 0 aliphatic rings. The number of methoxy groups -OCH3 is 1. The van der Waals surface area contributed by atoms with E-state index in [9.17, 15) is 18.0 Å². The summed E-state index contributed by atoms with van der Waals surface area (Å²) < 4.78 is 50.4. The molecule has 0 fully saturated rings. The molecule has 2 heterocycles. The van der Waals surface area contributed by atoms with Gasteiger partial charge in [-0.2, -0.15) is 13.2 Å². The summed E-state index contributed by atoms with van der Waals surface area (Å²) in [5.74, 6) is -0.0184. The highest BCUT2D eigenvalue weighted by Gasteiger charge is 2.33. The fraction of sp³-hybridized carbons (Fsp3) is 0.286. The maximum absolute atomic E-state index is 13.2. The van der Waals surface area contributed by atoms with Crippen molar-refractivity contribution in [1.82, 2.24) is 20.6 Å². The smallest absolute Gasteiger partial charge is 0.433 e. The Morgan fingerprint density at radius 2 is 1.91 bits per heavy atom. The summed E-state index contributed by atoms with van der Waals surface area (Å²) in [6, 6.07) is 5.08. The molecule has 0 aliphatic carbocycles. The molecule has 10 nitrogen and oxygen atoms in total. The van der Waals surface area contributed by atoms with Crippen molar-refractivity contribution in [3.05, 3.63) is 41.4 Å². The summed E-state index contributed by atoms with van der Waals surface area (Å²) in [6.45, 7) is 1.91. The van der Waals surface area contributed by atoms with Crippen LogP contribution in [-0.2, 0) is 12.7 Å². The highest BCUT2D eigenvalue weighted by molar-refractivity contribution is 7.80. The van der Waals surface area contributed by atoms with E-state index < -0.39 is 17.8 Å². The minimum atomic E-state index is -4.63. The van der Waals surface area contributed by atoms with Gasteiger partial charge in [0.1, 0.15) is 17.0 Å². The maximum atomic E-state index is 13.2. The number of amides is 1. The van der Waals surface area contributed by atoms with Gasteiger partial charge in [-0.3, -0.25) is 4.79 Å². The number of carbonyl (C=O) groups excluding carboxylic acids is 1. The number of amidine groups is 1. The molecule has 3 rings (SSSR count). The molecule has 3 aromatic rings. The van der Waals surface area contributed by atoms with Gasteiger partial charge in [-0.15, -0.1) is 0 Å². The van der Waals surface area contributed by atoms with Gasteiger partial charge < -0.3 is 31.3 Å². The number of nitrogens with zero attached hydrogens (tertiary/aromatic N) is 3. The lowest BCUT2D eigenvalue weighted by molar-refractivity contribution is -0.140. The van der Waals surface area contributed by atoms with Crippen molar-refractivity contribution >= 4 is 40.0 Å². The molecule has 0 bridgehead atoms. The number of ether oxygens (including phenoxy) is 1. The van der Waals surface area contributed by atoms with Crippen molar-refractivity contribution in [2.45, 2.75) is 19.6 Å². The van der Waals surface area contributed by atoms with Crippen LogP contribution in [0.5, 0.6) is 5.75 Å². The van der Waals surface area contributed by atoms with Crippen LogP contribution in [-0.4, -0.2) is 47.0 Å². The second-order valence-electron chi connectivity index (χ2n) is 7.14. The lowest BCUT2D eigenvalue weighted by Crippen LogP contribution is -2.34. The SMILES string of the molecule is COc1ccc(-c2nc(C(=O)NCCNC(=S)N=C(C)N)c(CN)o2)c2ccc(C(F)(F)F)nc12. The third kappa shape index (κ3) is 6.02. The summed E-state index contributed by atoms with van der Waals surface area (Å²) in [5.41, 5.74) is 10.3. The number of pyridine rings is 1. The van der Waals surface area contributed by atoms with Crippen LogP contribution in [0.3, 0.4) is 0 Å². The number of alkyl halides is 3. The number of aliphatic imine (C=N–C) groups is 1. The molecule has 1 aromatic carbocycles. The van der Waals surface area contributed by atoms with E-state index in [4.69, 9.17) is 32.8 Å². The lowest BCUT2D eigenvalue weighted by Gasteiger charge is -2.11. The van der Waals surface area contributed by atoms with Crippen LogP contribution >= 0.6 is 12.2 Å². The number of nitrogens with two attached hydrogens (primary N) is 2. The van der Waals surface area contributed by atoms with Crippen molar-refractivity contribution in [2.24, 2.45) is 16.5 Å². The third-order valence-electron chi connectivity index (χ3n) is 4.62. The molecule has 186 valence electrons. The number of hydrogen-bond donors (Lipinski definition) is 4. The van der Waals surface area contributed by atoms with E-state index in [0.717, 1.165) is 6.07 Å². The fourth-order valence-electron chi connectivity index (χ4n) is 3.11. The van der Waals surface area contributed by atoms with Gasteiger partial charge in [-0.1, -0.05) is 0 Å². The summed E-state index contributed by atoms with van der Waals surface area (Å²) in [4.78, 5) is 24.5. The van der Waals surface area contributed by atoms with Gasteiger partial charge >= 0.3 is 6.18 Å². The van der Waals surface area contributed by atoms with Crippen molar-refractivity contribution in [3.63, 3.8) is 0 Å². The van der Waals surface area contributed by atoms with Crippen LogP contribution in [0, 0.1) is 0 Å². The Kier molecular flexibility index (Phi) is 7.86. The van der Waals surface area contributed by atoms with Crippen LogP contribution in [0.1, 0.15) is 28.9 Å². The molecule has 0 unspecified atom stereocenters. The highest BCUT2D eigenvalue weighted by Crippen LogP contribution is 2.36. The zero-order valence-electron chi connectivity index (χ0n) is 18.7. The number of thiocarbonyl (C=S) groups is 1. The van der Waals surface area contributed by atoms with E-state index in [1.807, 2.05) is 0 Å². The number of nitrogens with one attached hydrogen (secondary N) is 2. The number of aromatic nitrogens is 2. The Bertz CT molecular complexity index is 1290. The van der Waals surface area contributed by atoms with Crippen molar-refractivity contribution in [2.75, 3.05) is 20.2 Å². The van der Waals surface area contributed by atoms with Crippen LogP contribution in [0.2, 0.25) is 0 Å². The van der Waals surface area contributed by atoms with Gasteiger partial charge in [0.2, 0.25) is 5.89 Å². The van der Waals surface area contributed by atoms with Gasteiger partial charge in [0.05, 0.1) is 19.5 Å². The van der Waals surface area contributed by atoms with E-state index in [1.165, 1.54) is 19.2 Å². The second-order valence-corrected chi connectivity index (χ2v) is 7.53. The zero-order chi connectivity index (χ0) is 25.8. The molecule has 2 aromatic heterocycles. The molecule has 0 saturated carbocycles. The third-order valence-corrected chi connectivity index (χ3v) is 4.86. The van der Waals surface area contributed by atoms with Gasteiger partial charge in [0.25, 0.3) is 5.91 Å². The molecule has 6 N–H and O–H groups in total. The molecule has 0 saturated heterocycles. The molecule has 35 heavy (non-hydrogen) atoms. The summed E-state index contributed by atoms with van der Waals surface area (Å²) in [7, 11) is 1.32. The molecule has 14 heteroatoms. The van der Waals surface area contributed by atoms with Crippen LogP contribution in [0.4, 0.5) is 13.2 Å². The molecular weight excluding hydrogens is 487 g/mol. The molecule has 0 spiro atoms. The molecular formula is C21H22F3N7O3S. The quantitative estimate of drug-likeness (QED) is 0.163. The van der Waals surface area contributed by atoms with Crippen LogP contribution < -0.4 is 26.8 Å². The standard InChI is InChI=1S/C21H22F3N7O3S/c1-10(26)29-20(35)28-8-7-27-18(32)17-14(9-25)34-19(31-17)12-3-5-13(33-2)16-11(12)4-6-15(30-16)21(22,23)24/h3-6H,7-9,25H2,1-2H3,(H,27,32)(H3,26,28,29,35). The van der Waals surface area contributed by atoms with Crippen molar-refractivity contribution in [1.29, 1.82) is 0 Å². The van der Waals surface area contributed by atoms with Gasteiger partial charge in [0, 0.05) is 24.0 Å². The number of rotatable bonds is 7. The molecule has 0 atom stereocenters. The Labute approximate surface area is 202 Å². The van der Waals surface area contributed by atoms with Gasteiger partial charge in [0.15, 0.2) is 16.6 Å². The predicted molar refractivity (Wildman–Crippen MR) is 127 cm³/mol. The molecule has 0 aliphatic heterocycles. The van der Waals surface area contributed by atoms with E-state index >= 15 is 0 Å². The average Bonchev–Trinajstić information content (AvgIpc) is 3.24. The van der Waals surface area contributed by atoms with Gasteiger partial charge in [-0.25, -0.2) is 15.0 Å². The highest BCUT2D eigenvalue weighted by atomic mass is 32.1. The van der Waals surface area contributed by atoms with Crippen LogP contribution in [0.15, 0.2) is 33.7 Å². The predicted octanol–water partition coefficient (Wildman–Crippen LogP) is 2.36. The van der Waals surface area contributed by atoms with Crippen molar-refractivity contribution in [3.8, 4) is 17.2 Å². The van der Waals surface area contributed by atoms with Crippen molar-refractivity contribution < 1.29 is 27.1 Å². The minimum Gasteiger partial charge on any atom is -0.494 e. The summed E-state index contributed by atoms with van der Waals surface area (Å²) in [5, 5.41) is 5.93. The Morgan fingerprint density at radius 3 is 2.54 bits per heavy atom. The van der Waals surface area contributed by atoms with E-state index in [1.54, 1.807) is 13.0 Å². The Morgan fingerprint density at radius 1 is 1.20 bits per heavy atom. The number of fused-ring (bicyclic) bond motifs is 1. The normalized spacial score (nSPS) is 12.0. The number of carbonyl (C=O) groups is 1. The van der Waals surface area contributed by atoms with E-state index in [2.05, 4.69) is 25.6 Å². The van der Waals surface area contributed by atoms with E-state index in [0.29, 0.717) is 16.8 Å². The monoisotopic (exact) mass is 509 g/mol. The number of benzene rings is 1. The minimum absolute atomic E-state index is 0.00290. The fourth-order valence-corrected chi connectivity index (χ4v) is 3.36. The number of oxazole rings is 1. The second kappa shape index (κ2) is 10.7. The zero-order valence-corrected chi connectivity index (χ0v) is 19.5. The lowest BCUT2D eigenvalue weighted by atomic mass is 10.1. The maximum Gasteiger partial charge on any atom is 0.433 e. The first kappa shape index (κ1) is 25.8. The summed E-state index contributed by atoms with van der Waals surface area (Å²) in [6.07, 6.45) is -4.63. The number of hydrogen-bond acceptors (Lipinski definition) is 7. The Balaban J connectivity index is 1.88. The topological polar surface area (TPSA) is 154 Å². The number of halogens is 3. The first-order valence-electron chi connectivity index (χ1n) is 10.2. The molecule has 1 amide bonds. The largest absolute Gasteiger partial charge is 0.494 e. The summed E-state index contributed by atoms with van der Waals surface area (Å²) >= 11 is 4.97. The average molecular weight is 510 g/mol. The molecule has 0 radical (unpaired) electrons. The first-order valence-corrected chi connectivity index (χ1v) is 10.6. The van der Waals surface area contributed by atoms with Gasteiger partial charge in [-0.05, 0) is 43.4 Å². The Hall–Kier alpha value is -3.78. The van der Waals surface area contributed by atoms with E-state index in [-0.39, 0.29) is 53.4 Å². The first-order chi connectivity index (χ1) is 16.5. The van der Waals surface area contributed by atoms with Crippen LogP contribution in [0.25, 0.3) is 22.4 Å².